The molecule has 0 aliphatic heterocycles. The molecule has 4 heteroatoms. The number of hydrogen-bond donors (Lipinski definition) is 1. The number of hydrogen-bond acceptors (Lipinski definition) is 2. The number of rotatable bonds is 4. The third-order valence-electron chi connectivity index (χ3n) is 3.96. The first kappa shape index (κ1) is 14.4. The molecule has 2 unspecified atom stereocenters. The number of benzene rings is 1. The van der Waals surface area contributed by atoms with E-state index in [0.29, 0.717) is 12.5 Å². The van der Waals surface area contributed by atoms with Gasteiger partial charge in [0.25, 0.3) is 0 Å². The summed E-state index contributed by atoms with van der Waals surface area (Å²) in [4.78, 5) is 0. The van der Waals surface area contributed by atoms with Crippen molar-refractivity contribution in [3.63, 3.8) is 0 Å². The summed E-state index contributed by atoms with van der Waals surface area (Å²) in [7, 11) is 0. The highest BCUT2D eigenvalue weighted by Gasteiger charge is 2.34. The maximum atomic E-state index is 13.6. The molecule has 0 amide bonds. The fourth-order valence-corrected chi connectivity index (χ4v) is 2.87. The predicted molar refractivity (Wildman–Crippen MR) is 70.6 cm³/mol. The third-order valence-corrected chi connectivity index (χ3v) is 3.96. The van der Waals surface area contributed by atoms with Crippen molar-refractivity contribution in [2.45, 2.75) is 44.8 Å². The average molecular weight is 269 g/mol. The Kier molecular flexibility index (Phi) is 4.53. The average Bonchev–Trinajstić information content (AvgIpc) is 2.40. The second-order valence-electron chi connectivity index (χ2n) is 5.61. The molecule has 19 heavy (non-hydrogen) atoms. The molecule has 2 rings (SSSR count). The van der Waals surface area contributed by atoms with Crippen LogP contribution in [0.1, 0.15) is 38.2 Å². The standard InChI is InChI=1S/C15H21F2NO/c1-11-3-2-6-15(8-11,10-18)19-9-12-7-13(16)4-5-14(12)17/h4-5,7,11H,2-3,6,8-10,18H2,1H3. The molecule has 0 heterocycles. The van der Waals surface area contributed by atoms with Crippen LogP contribution in [0.3, 0.4) is 0 Å². The number of halogens is 2. The zero-order valence-corrected chi connectivity index (χ0v) is 11.3. The van der Waals surface area contributed by atoms with Crippen LogP contribution in [0.5, 0.6) is 0 Å². The summed E-state index contributed by atoms with van der Waals surface area (Å²) in [6.07, 6.45) is 4.04. The van der Waals surface area contributed by atoms with Crippen molar-refractivity contribution in [1.82, 2.24) is 0 Å². The normalized spacial score (nSPS) is 27.5. The highest BCUT2D eigenvalue weighted by Crippen LogP contribution is 2.35. The van der Waals surface area contributed by atoms with Gasteiger partial charge in [-0.25, -0.2) is 8.78 Å². The Balaban J connectivity index is 2.05. The van der Waals surface area contributed by atoms with Crippen LogP contribution in [0, 0.1) is 17.6 Å². The van der Waals surface area contributed by atoms with Crippen LogP contribution in [-0.4, -0.2) is 12.1 Å². The van der Waals surface area contributed by atoms with E-state index in [1.165, 1.54) is 12.5 Å². The van der Waals surface area contributed by atoms with Gasteiger partial charge >= 0.3 is 0 Å². The van der Waals surface area contributed by atoms with E-state index >= 15 is 0 Å². The molecule has 1 aromatic carbocycles. The second kappa shape index (κ2) is 5.97. The highest BCUT2D eigenvalue weighted by molar-refractivity contribution is 5.18. The lowest BCUT2D eigenvalue weighted by atomic mass is 9.79. The van der Waals surface area contributed by atoms with Crippen LogP contribution in [-0.2, 0) is 11.3 Å². The Morgan fingerprint density at radius 1 is 1.42 bits per heavy atom. The first-order valence-corrected chi connectivity index (χ1v) is 6.83. The van der Waals surface area contributed by atoms with Gasteiger partial charge in [-0.05, 0) is 37.0 Å². The minimum atomic E-state index is -0.446. The summed E-state index contributed by atoms with van der Waals surface area (Å²) >= 11 is 0. The van der Waals surface area contributed by atoms with E-state index in [1.807, 2.05) is 0 Å². The van der Waals surface area contributed by atoms with Gasteiger partial charge in [0.15, 0.2) is 0 Å². The number of ether oxygens (including phenoxy) is 1. The molecule has 1 aromatic rings. The monoisotopic (exact) mass is 269 g/mol. The summed E-state index contributed by atoms with van der Waals surface area (Å²) < 4.78 is 32.5. The van der Waals surface area contributed by atoms with Gasteiger partial charge in [0, 0.05) is 12.1 Å². The Hall–Kier alpha value is -1.00. The Morgan fingerprint density at radius 3 is 2.89 bits per heavy atom. The molecule has 1 aliphatic rings. The van der Waals surface area contributed by atoms with Crippen molar-refractivity contribution < 1.29 is 13.5 Å². The van der Waals surface area contributed by atoms with Crippen molar-refractivity contribution in [1.29, 1.82) is 0 Å². The van der Waals surface area contributed by atoms with E-state index in [2.05, 4.69) is 6.92 Å². The molecular weight excluding hydrogens is 248 g/mol. The highest BCUT2D eigenvalue weighted by atomic mass is 19.1. The van der Waals surface area contributed by atoms with Gasteiger partial charge in [-0.3, -0.25) is 0 Å². The minimum absolute atomic E-state index is 0.0769. The molecule has 0 spiro atoms. The smallest absolute Gasteiger partial charge is 0.128 e. The molecule has 2 nitrogen and oxygen atoms in total. The van der Waals surface area contributed by atoms with E-state index in [1.54, 1.807) is 0 Å². The van der Waals surface area contributed by atoms with Crippen LogP contribution in [0.4, 0.5) is 8.78 Å². The maximum absolute atomic E-state index is 13.6. The predicted octanol–water partition coefficient (Wildman–Crippen LogP) is 3.39. The Morgan fingerprint density at radius 2 is 2.21 bits per heavy atom. The SMILES string of the molecule is CC1CCCC(CN)(OCc2cc(F)ccc2F)C1. The van der Waals surface area contributed by atoms with Gasteiger partial charge in [0.05, 0.1) is 12.2 Å². The van der Waals surface area contributed by atoms with E-state index in [-0.39, 0.29) is 17.8 Å². The molecular formula is C15H21F2NO. The lowest BCUT2D eigenvalue weighted by molar-refractivity contribution is -0.0847. The topological polar surface area (TPSA) is 35.2 Å². The van der Waals surface area contributed by atoms with E-state index < -0.39 is 11.6 Å². The molecule has 1 fully saturated rings. The van der Waals surface area contributed by atoms with E-state index in [4.69, 9.17) is 10.5 Å². The maximum Gasteiger partial charge on any atom is 0.128 e. The van der Waals surface area contributed by atoms with Crippen LogP contribution < -0.4 is 5.73 Å². The van der Waals surface area contributed by atoms with Crippen molar-refractivity contribution >= 4 is 0 Å². The zero-order valence-electron chi connectivity index (χ0n) is 11.3. The quantitative estimate of drug-likeness (QED) is 0.909. The molecule has 1 saturated carbocycles. The first-order chi connectivity index (χ1) is 9.04. The fourth-order valence-electron chi connectivity index (χ4n) is 2.87. The van der Waals surface area contributed by atoms with E-state index in [0.717, 1.165) is 31.4 Å². The molecule has 106 valence electrons. The van der Waals surface area contributed by atoms with Gasteiger partial charge in [-0.2, -0.15) is 0 Å². The van der Waals surface area contributed by atoms with Crippen LogP contribution in [0.15, 0.2) is 18.2 Å². The summed E-state index contributed by atoms with van der Waals surface area (Å²) in [5, 5.41) is 0. The van der Waals surface area contributed by atoms with Gasteiger partial charge in [0.1, 0.15) is 11.6 Å². The van der Waals surface area contributed by atoms with E-state index in [9.17, 15) is 8.78 Å². The second-order valence-corrected chi connectivity index (χ2v) is 5.61. The molecule has 0 bridgehead atoms. The minimum Gasteiger partial charge on any atom is -0.369 e. The van der Waals surface area contributed by atoms with Crippen molar-refractivity contribution in [3.8, 4) is 0 Å². The van der Waals surface area contributed by atoms with Gasteiger partial charge in [-0.15, -0.1) is 0 Å². The molecule has 1 aliphatic carbocycles. The summed E-state index contributed by atoms with van der Waals surface area (Å²) in [5.41, 5.74) is 5.72. The van der Waals surface area contributed by atoms with Crippen LogP contribution >= 0.6 is 0 Å². The molecule has 0 saturated heterocycles. The molecule has 2 atom stereocenters. The zero-order chi connectivity index (χ0) is 13.9. The summed E-state index contributed by atoms with van der Waals surface area (Å²) in [5.74, 6) is -0.314. The van der Waals surface area contributed by atoms with Crippen LogP contribution in [0.25, 0.3) is 0 Å². The Bertz CT molecular complexity index is 438. The fraction of sp³-hybridized carbons (Fsp3) is 0.600. The first-order valence-electron chi connectivity index (χ1n) is 6.83. The van der Waals surface area contributed by atoms with Crippen LogP contribution in [0.2, 0.25) is 0 Å². The Labute approximate surface area is 112 Å². The van der Waals surface area contributed by atoms with Crippen molar-refractivity contribution in [2.24, 2.45) is 11.7 Å². The molecule has 0 aromatic heterocycles. The lowest BCUT2D eigenvalue weighted by Gasteiger charge is -2.39. The molecule has 0 radical (unpaired) electrons. The third kappa shape index (κ3) is 3.51. The summed E-state index contributed by atoms with van der Waals surface area (Å²) in [6, 6.07) is 3.43. The summed E-state index contributed by atoms with van der Waals surface area (Å²) in [6.45, 7) is 2.68. The van der Waals surface area contributed by atoms with Gasteiger partial charge in [0.2, 0.25) is 0 Å². The lowest BCUT2D eigenvalue weighted by Crippen LogP contribution is -2.44. The van der Waals surface area contributed by atoms with Crippen molar-refractivity contribution in [2.75, 3.05) is 6.54 Å². The van der Waals surface area contributed by atoms with Crippen molar-refractivity contribution in [3.05, 3.63) is 35.4 Å². The van der Waals surface area contributed by atoms with Gasteiger partial charge in [-0.1, -0.05) is 19.8 Å². The number of nitrogens with two attached hydrogens (primary N) is 1. The van der Waals surface area contributed by atoms with Gasteiger partial charge < -0.3 is 10.5 Å². The molecule has 2 N–H and O–H groups in total. The largest absolute Gasteiger partial charge is 0.369 e.